The van der Waals surface area contributed by atoms with E-state index in [1.807, 2.05) is 34.6 Å². The van der Waals surface area contributed by atoms with Gasteiger partial charge in [0.1, 0.15) is 0 Å². The molecule has 0 spiro atoms. The first-order valence-electron chi connectivity index (χ1n) is 9.15. The van der Waals surface area contributed by atoms with Crippen molar-refractivity contribution in [1.82, 2.24) is 14.8 Å². The number of pyridine rings is 1. The second kappa shape index (κ2) is 8.43. The lowest BCUT2D eigenvalue weighted by Crippen LogP contribution is -2.47. The van der Waals surface area contributed by atoms with E-state index in [2.05, 4.69) is 37.9 Å². The number of nitrogens with zero attached hydrogens (tertiary/aromatic N) is 3. The normalized spacial score (nSPS) is 15.5. The molecule has 0 bridgehead atoms. The van der Waals surface area contributed by atoms with Gasteiger partial charge in [-0.05, 0) is 45.8 Å². The minimum Gasteiger partial charge on any atom is -0.398 e. The molecule has 28 heavy (non-hydrogen) atoms. The van der Waals surface area contributed by atoms with Gasteiger partial charge < -0.3 is 10.6 Å². The molecule has 1 aromatic carbocycles. The van der Waals surface area contributed by atoms with Crippen LogP contribution < -0.4 is 5.73 Å². The Morgan fingerprint density at radius 3 is 2.79 bits per heavy atom. The number of aromatic nitrogens is 1. The standard InChI is InChI=1S/C21H21BrN4OS/c22-16-12-17(28-14-16)2-4-21(27)26-9-7-25(8-10-26)13-15-1-3-18-19(23)5-6-24-20(18)11-15/h1-6,11-12,14H,7-10,13H2,(H2,23,24). The molecular weight excluding hydrogens is 436 g/mol. The third kappa shape index (κ3) is 4.43. The summed E-state index contributed by atoms with van der Waals surface area (Å²) in [6, 6.07) is 10.1. The van der Waals surface area contributed by atoms with Crippen LogP contribution in [0, 0.1) is 0 Å². The predicted molar refractivity (Wildman–Crippen MR) is 119 cm³/mol. The number of rotatable bonds is 4. The molecule has 0 aliphatic carbocycles. The van der Waals surface area contributed by atoms with Crippen molar-refractivity contribution in [1.29, 1.82) is 0 Å². The van der Waals surface area contributed by atoms with Crippen molar-refractivity contribution in [2.24, 2.45) is 0 Å². The number of hydrogen-bond donors (Lipinski definition) is 1. The van der Waals surface area contributed by atoms with Crippen LogP contribution in [-0.4, -0.2) is 46.9 Å². The number of carbonyl (C=O) groups excluding carboxylic acids is 1. The Kier molecular flexibility index (Phi) is 5.75. The number of halogens is 1. The van der Waals surface area contributed by atoms with Crippen molar-refractivity contribution in [2.45, 2.75) is 6.54 Å². The highest BCUT2D eigenvalue weighted by Gasteiger charge is 2.19. The van der Waals surface area contributed by atoms with E-state index < -0.39 is 0 Å². The van der Waals surface area contributed by atoms with E-state index in [9.17, 15) is 4.79 Å². The zero-order chi connectivity index (χ0) is 19.5. The molecule has 1 amide bonds. The molecular formula is C21H21BrN4OS. The fourth-order valence-electron chi connectivity index (χ4n) is 3.37. The third-order valence-electron chi connectivity index (χ3n) is 4.91. The number of nitrogens with two attached hydrogens (primary N) is 1. The van der Waals surface area contributed by atoms with E-state index in [4.69, 9.17) is 5.73 Å². The molecule has 1 aliphatic heterocycles. The van der Waals surface area contributed by atoms with Gasteiger partial charge in [0.25, 0.3) is 0 Å². The molecule has 2 N–H and O–H groups in total. The first-order chi connectivity index (χ1) is 13.6. The molecule has 144 valence electrons. The number of hydrogen-bond acceptors (Lipinski definition) is 5. The number of amides is 1. The van der Waals surface area contributed by atoms with Crippen molar-refractivity contribution in [3.63, 3.8) is 0 Å². The molecule has 0 atom stereocenters. The van der Waals surface area contributed by atoms with Gasteiger partial charge in [0.15, 0.2) is 0 Å². The van der Waals surface area contributed by atoms with Gasteiger partial charge in [0.2, 0.25) is 5.91 Å². The van der Waals surface area contributed by atoms with Crippen molar-refractivity contribution in [2.75, 3.05) is 31.9 Å². The molecule has 4 rings (SSSR count). The molecule has 1 saturated heterocycles. The van der Waals surface area contributed by atoms with Crippen LogP contribution in [0.3, 0.4) is 0 Å². The summed E-state index contributed by atoms with van der Waals surface area (Å²) in [5.74, 6) is 0.0783. The number of carbonyl (C=O) groups is 1. The second-order valence-electron chi connectivity index (χ2n) is 6.85. The van der Waals surface area contributed by atoms with Gasteiger partial charge in [-0.3, -0.25) is 14.7 Å². The van der Waals surface area contributed by atoms with Crippen molar-refractivity contribution < 1.29 is 4.79 Å². The summed E-state index contributed by atoms with van der Waals surface area (Å²) >= 11 is 5.05. The zero-order valence-corrected chi connectivity index (χ0v) is 17.7. The summed E-state index contributed by atoms with van der Waals surface area (Å²) in [5, 5.41) is 3.01. The zero-order valence-electron chi connectivity index (χ0n) is 15.3. The monoisotopic (exact) mass is 456 g/mol. The van der Waals surface area contributed by atoms with Gasteiger partial charge in [-0.2, -0.15) is 0 Å². The third-order valence-corrected chi connectivity index (χ3v) is 6.57. The van der Waals surface area contributed by atoms with E-state index in [1.165, 1.54) is 5.56 Å². The lowest BCUT2D eigenvalue weighted by atomic mass is 10.1. The molecule has 0 radical (unpaired) electrons. The lowest BCUT2D eigenvalue weighted by Gasteiger charge is -2.34. The summed E-state index contributed by atoms with van der Waals surface area (Å²) in [6.07, 6.45) is 5.31. The van der Waals surface area contributed by atoms with Crippen LogP contribution in [0.4, 0.5) is 5.69 Å². The SMILES string of the molecule is Nc1ccnc2cc(CN3CCN(C(=O)C=Cc4cc(Br)cs4)CC3)ccc12. The Labute approximate surface area is 176 Å². The first-order valence-corrected chi connectivity index (χ1v) is 10.8. The largest absolute Gasteiger partial charge is 0.398 e. The van der Waals surface area contributed by atoms with Crippen molar-refractivity contribution in [3.05, 3.63) is 62.9 Å². The highest BCUT2D eigenvalue weighted by Crippen LogP contribution is 2.22. The smallest absolute Gasteiger partial charge is 0.246 e. The number of anilines is 1. The minimum atomic E-state index is 0.0783. The number of benzene rings is 1. The maximum Gasteiger partial charge on any atom is 0.246 e. The van der Waals surface area contributed by atoms with Crippen LogP contribution >= 0.6 is 27.3 Å². The first kappa shape index (κ1) is 19.1. The van der Waals surface area contributed by atoms with Crippen LogP contribution in [0.1, 0.15) is 10.4 Å². The van der Waals surface area contributed by atoms with E-state index in [0.717, 1.165) is 58.7 Å². The van der Waals surface area contributed by atoms with Gasteiger partial charge in [-0.1, -0.05) is 12.1 Å². The Hall–Kier alpha value is -2.22. The number of piperazine rings is 1. The lowest BCUT2D eigenvalue weighted by molar-refractivity contribution is -0.127. The quantitative estimate of drug-likeness (QED) is 0.602. The number of nitrogen functional groups attached to an aromatic ring is 1. The van der Waals surface area contributed by atoms with E-state index in [1.54, 1.807) is 23.6 Å². The Morgan fingerprint density at radius 2 is 2.04 bits per heavy atom. The summed E-state index contributed by atoms with van der Waals surface area (Å²) in [4.78, 5) is 22.2. The van der Waals surface area contributed by atoms with E-state index >= 15 is 0 Å². The highest BCUT2D eigenvalue weighted by molar-refractivity contribution is 9.10. The molecule has 3 heterocycles. The predicted octanol–water partition coefficient (Wildman–Crippen LogP) is 4.00. The molecule has 1 aliphatic rings. The maximum absolute atomic E-state index is 12.4. The minimum absolute atomic E-state index is 0.0783. The van der Waals surface area contributed by atoms with Gasteiger partial charge in [0, 0.05) is 70.8 Å². The van der Waals surface area contributed by atoms with Crippen molar-refractivity contribution >= 4 is 55.8 Å². The van der Waals surface area contributed by atoms with Gasteiger partial charge in [0.05, 0.1) is 5.52 Å². The molecule has 3 aromatic rings. The topological polar surface area (TPSA) is 62.5 Å². The Morgan fingerprint density at radius 1 is 1.21 bits per heavy atom. The fourth-order valence-corrected chi connectivity index (χ4v) is 4.71. The molecule has 1 fully saturated rings. The summed E-state index contributed by atoms with van der Waals surface area (Å²) in [5.41, 5.74) is 8.90. The molecule has 5 nitrogen and oxygen atoms in total. The van der Waals surface area contributed by atoms with Crippen LogP contribution in [-0.2, 0) is 11.3 Å². The summed E-state index contributed by atoms with van der Waals surface area (Å²) < 4.78 is 1.05. The summed E-state index contributed by atoms with van der Waals surface area (Å²) in [7, 11) is 0. The molecule has 7 heteroatoms. The van der Waals surface area contributed by atoms with Crippen LogP contribution in [0.5, 0.6) is 0 Å². The van der Waals surface area contributed by atoms with Crippen LogP contribution in [0.15, 0.2) is 52.5 Å². The highest BCUT2D eigenvalue weighted by atomic mass is 79.9. The van der Waals surface area contributed by atoms with Crippen LogP contribution in [0.25, 0.3) is 17.0 Å². The maximum atomic E-state index is 12.4. The van der Waals surface area contributed by atoms with E-state index in [-0.39, 0.29) is 5.91 Å². The van der Waals surface area contributed by atoms with Crippen LogP contribution in [0.2, 0.25) is 0 Å². The summed E-state index contributed by atoms with van der Waals surface area (Å²) in [6.45, 7) is 4.08. The molecule has 0 unspecified atom stereocenters. The molecule has 0 saturated carbocycles. The van der Waals surface area contributed by atoms with Gasteiger partial charge in [-0.15, -0.1) is 11.3 Å². The van der Waals surface area contributed by atoms with Crippen molar-refractivity contribution in [3.8, 4) is 0 Å². The Balaban J connectivity index is 1.33. The fraction of sp³-hybridized carbons (Fsp3) is 0.238. The average molecular weight is 457 g/mol. The number of thiophene rings is 1. The Bertz CT molecular complexity index is 1020. The van der Waals surface area contributed by atoms with E-state index in [0.29, 0.717) is 0 Å². The van der Waals surface area contributed by atoms with Gasteiger partial charge >= 0.3 is 0 Å². The number of fused-ring (bicyclic) bond motifs is 1. The molecule has 2 aromatic heterocycles. The van der Waals surface area contributed by atoms with Gasteiger partial charge in [-0.25, -0.2) is 0 Å². The second-order valence-corrected chi connectivity index (χ2v) is 8.71. The average Bonchev–Trinajstić information content (AvgIpc) is 3.12.